The van der Waals surface area contributed by atoms with E-state index in [0.717, 1.165) is 48.5 Å². The standard InChI is InChI=1S/C23H21N3O2/c1-28-16-11-9-15(10-12-16)20-19-21(17-7-3-4-8-18(17)22(19)27)25-23(24-20)26-13-5-2-6-14-26/h3-4,7-12H,2,5-6,13-14H2,1H3. The molecular formula is C23H21N3O2. The van der Waals surface area contributed by atoms with Gasteiger partial charge in [-0.3, -0.25) is 4.79 Å². The minimum atomic E-state index is 0.00149. The van der Waals surface area contributed by atoms with E-state index in [2.05, 4.69) is 4.90 Å². The molecule has 1 aliphatic heterocycles. The van der Waals surface area contributed by atoms with E-state index in [0.29, 0.717) is 22.8 Å². The van der Waals surface area contributed by atoms with Crippen molar-refractivity contribution in [1.82, 2.24) is 9.97 Å². The Labute approximate surface area is 164 Å². The Hall–Kier alpha value is -3.21. The maximum atomic E-state index is 13.2. The highest BCUT2D eigenvalue weighted by atomic mass is 16.5. The molecule has 2 aromatic carbocycles. The maximum Gasteiger partial charge on any atom is 0.226 e. The summed E-state index contributed by atoms with van der Waals surface area (Å²) in [6, 6.07) is 15.4. The van der Waals surface area contributed by atoms with Crippen molar-refractivity contribution in [3.63, 3.8) is 0 Å². The number of anilines is 1. The fraction of sp³-hybridized carbons (Fsp3) is 0.261. The van der Waals surface area contributed by atoms with Gasteiger partial charge in [0.15, 0.2) is 5.78 Å². The van der Waals surface area contributed by atoms with Crippen LogP contribution in [0.3, 0.4) is 0 Å². The number of nitrogens with zero attached hydrogens (tertiary/aromatic N) is 3. The molecule has 2 aliphatic rings. The average molecular weight is 371 g/mol. The first-order valence-electron chi connectivity index (χ1n) is 9.72. The summed E-state index contributed by atoms with van der Waals surface area (Å²) in [5.41, 5.74) is 4.57. The molecule has 0 saturated carbocycles. The highest BCUT2D eigenvalue weighted by Crippen LogP contribution is 2.41. The highest BCUT2D eigenvalue weighted by molar-refractivity contribution is 6.23. The van der Waals surface area contributed by atoms with Crippen molar-refractivity contribution >= 4 is 11.7 Å². The lowest BCUT2D eigenvalue weighted by Gasteiger charge is -2.27. The van der Waals surface area contributed by atoms with Crippen LogP contribution in [0.15, 0.2) is 48.5 Å². The number of ether oxygens (including phenoxy) is 1. The molecule has 1 fully saturated rings. The van der Waals surface area contributed by atoms with Crippen LogP contribution in [0.5, 0.6) is 5.75 Å². The molecule has 1 saturated heterocycles. The Kier molecular flexibility index (Phi) is 4.08. The lowest BCUT2D eigenvalue weighted by molar-refractivity contribution is 0.104. The second kappa shape index (κ2) is 6.75. The van der Waals surface area contributed by atoms with Crippen LogP contribution >= 0.6 is 0 Å². The first-order valence-corrected chi connectivity index (χ1v) is 9.72. The second-order valence-corrected chi connectivity index (χ2v) is 7.25. The van der Waals surface area contributed by atoms with Crippen LogP contribution in [0.2, 0.25) is 0 Å². The topological polar surface area (TPSA) is 55.3 Å². The van der Waals surface area contributed by atoms with Gasteiger partial charge in [-0.25, -0.2) is 9.97 Å². The molecule has 0 radical (unpaired) electrons. The predicted molar refractivity (Wildman–Crippen MR) is 109 cm³/mol. The molecule has 0 spiro atoms. The van der Waals surface area contributed by atoms with Crippen LogP contribution in [-0.2, 0) is 0 Å². The van der Waals surface area contributed by atoms with Crippen LogP contribution in [0.1, 0.15) is 35.2 Å². The van der Waals surface area contributed by atoms with Gasteiger partial charge < -0.3 is 9.64 Å². The zero-order valence-electron chi connectivity index (χ0n) is 15.8. The number of methoxy groups -OCH3 is 1. The molecule has 1 aromatic heterocycles. The molecule has 0 bridgehead atoms. The third-order valence-electron chi connectivity index (χ3n) is 5.55. The predicted octanol–water partition coefficient (Wildman–Crippen LogP) is 4.35. The minimum absolute atomic E-state index is 0.00149. The number of hydrogen-bond donors (Lipinski definition) is 0. The molecule has 0 unspecified atom stereocenters. The Morgan fingerprint density at radius 1 is 0.857 bits per heavy atom. The van der Waals surface area contributed by atoms with Gasteiger partial charge in [0, 0.05) is 29.8 Å². The number of carbonyl (C=O) groups excluding carboxylic acids is 1. The summed E-state index contributed by atoms with van der Waals surface area (Å²) in [5, 5.41) is 0. The van der Waals surface area contributed by atoms with Crippen LogP contribution < -0.4 is 9.64 Å². The molecule has 0 amide bonds. The zero-order valence-corrected chi connectivity index (χ0v) is 15.8. The third kappa shape index (κ3) is 2.66. The summed E-state index contributed by atoms with van der Waals surface area (Å²) in [5.74, 6) is 1.50. The molecule has 140 valence electrons. The lowest BCUT2D eigenvalue weighted by atomic mass is 10.0. The summed E-state index contributed by atoms with van der Waals surface area (Å²) in [4.78, 5) is 25.2. The molecule has 0 atom stereocenters. The van der Waals surface area contributed by atoms with Gasteiger partial charge in [0.1, 0.15) is 5.75 Å². The number of fused-ring (bicyclic) bond motifs is 3. The van der Waals surface area contributed by atoms with E-state index in [4.69, 9.17) is 14.7 Å². The number of rotatable bonds is 3. The summed E-state index contributed by atoms with van der Waals surface area (Å²) < 4.78 is 5.28. The highest BCUT2D eigenvalue weighted by Gasteiger charge is 2.33. The second-order valence-electron chi connectivity index (χ2n) is 7.25. The molecule has 5 nitrogen and oxygen atoms in total. The van der Waals surface area contributed by atoms with E-state index in [-0.39, 0.29) is 5.78 Å². The molecular weight excluding hydrogens is 350 g/mol. The van der Waals surface area contributed by atoms with Crippen molar-refractivity contribution in [2.24, 2.45) is 0 Å². The van der Waals surface area contributed by atoms with Gasteiger partial charge in [0.25, 0.3) is 0 Å². The van der Waals surface area contributed by atoms with Gasteiger partial charge in [0.2, 0.25) is 5.95 Å². The van der Waals surface area contributed by atoms with Gasteiger partial charge in [-0.05, 0) is 43.5 Å². The average Bonchev–Trinajstić information content (AvgIpc) is 3.06. The van der Waals surface area contributed by atoms with E-state index in [9.17, 15) is 4.79 Å². The summed E-state index contributed by atoms with van der Waals surface area (Å²) >= 11 is 0. The van der Waals surface area contributed by atoms with Crippen molar-refractivity contribution in [3.8, 4) is 28.3 Å². The fourth-order valence-corrected chi connectivity index (χ4v) is 4.07. The van der Waals surface area contributed by atoms with Crippen molar-refractivity contribution in [3.05, 3.63) is 59.7 Å². The molecule has 5 rings (SSSR count). The SMILES string of the molecule is COc1ccc(-c2nc(N3CCCCC3)nc3c2C(=O)c2ccccc2-3)cc1. The Morgan fingerprint density at radius 2 is 1.54 bits per heavy atom. The fourth-order valence-electron chi connectivity index (χ4n) is 4.07. The third-order valence-corrected chi connectivity index (χ3v) is 5.55. The smallest absolute Gasteiger partial charge is 0.226 e. The van der Waals surface area contributed by atoms with E-state index in [1.807, 2.05) is 48.5 Å². The van der Waals surface area contributed by atoms with Gasteiger partial charge >= 0.3 is 0 Å². The van der Waals surface area contributed by atoms with Crippen LogP contribution in [0.4, 0.5) is 5.95 Å². The van der Waals surface area contributed by atoms with Crippen molar-refractivity contribution in [1.29, 1.82) is 0 Å². The van der Waals surface area contributed by atoms with Crippen molar-refractivity contribution < 1.29 is 9.53 Å². The van der Waals surface area contributed by atoms with E-state index < -0.39 is 0 Å². The first kappa shape index (κ1) is 16.9. The van der Waals surface area contributed by atoms with Gasteiger partial charge in [0.05, 0.1) is 24.1 Å². The van der Waals surface area contributed by atoms with Crippen LogP contribution in [0, 0.1) is 0 Å². The molecule has 2 heterocycles. The first-order chi connectivity index (χ1) is 13.8. The van der Waals surface area contributed by atoms with E-state index in [1.165, 1.54) is 6.42 Å². The number of carbonyl (C=O) groups is 1. The molecule has 0 N–H and O–H groups in total. The van der Waals surface area contributed by atoms with E-state index >= 15 is 0 Å². The number of hydrogen-bond acceptors (Lipinski definition) is 5. The quantitative estimate of drug-likeness (QED) is 0.536. The Bertz CT molecular complexity index is 1050. The number of benzene rings is 2. The lowest BCUT2D eigenvalue weighted by Crippen LogP contribution is -2.31. The van der Waals surface area contributed by atoms with Gasteiger partial charge in [-0.15, -0.1) is 0 Å². The number of aromatic nitrogens is 2. The van der Waals surface area contributed by atoms with Gasteiger partial charge in [-0.1, -0.05) is 24.3 Å². The molecule has 3 aromatic rings. The zero-order chi connectivity index (χ0) is 19.1. The summed E-state index contributed by atoms with van der Waals surface area (Å²) in [7, 11) is 1.64. The minimum Gasteiger partial charge on any atom is -0.497 e. The van der Waals surface area contributed by atoms with Crippen LogP contribution in [0.25, 0.3) is 22.5 Å². The van der Waals surface area contributed by atoms with Gasteiger partial charge in [-0.2, -0.15) is 0 Å². The molecule has 5 heteroatoms. The van der Waals surface area contributed by atoms with E-state index in [1.54, 1.807) is 7.11 Å². The maximum absolute atomic E-state index is 13.2. The Morgan fingerprint density at radius 3 is 2.25 bits per heavy atom. The number of piperidine rings is 1. The summed E-state index contributed by atoms with van der Waals surface area (Å²) in [6.07, 6.45) is 3.54. The Balaban J connectivity index is 1.72. The van der Waals surface area contributed by atoms with Crippen molar-refractivity contribution in [2.75, 3.05) is 25.1 Å². The monoisotopic (exact) mass is 371 g/mol. The number of ketones is 1. The largest absolute Gasteiger partial charge is 0.497 e. The normalized spacial score (nSPS) is 15.3. The van der Waals surface area contributed by atoms with Crippen molar-refractivity contribution in [2.45, 2.75) is 19.3 Å². The van der Waals surface area contributed by atoms with Crippen LogP contribution in [-0.4, -0.2) is 36.0 Å². The molecule has 28 heavy (non-hydrogen) atoms. The summed E-state index contributed by atoms with van der Waals surface area (Å²) in [6.45, 7) is 1.91. The molecule has 1 aliphatic carbocycles.